The normalized spacial score (nSPS) is 18.5. The first-order chi connectivity index (χ1) is 13.1. The Balaban J connectivity index is 2.08. The SMILES string of the molecule is CC(=O)O[C@]1(C)CC(=O)c2c(cc3cc(OCC=C(C)C)cc(O)c3c2O)C1. The van der Waals surface area contributed by atoms with Crippen LogP contribution in [0.25, 0.3) is 10.8 Å². The number of hydrogen-bond donors (Lipinski definition) is 2. The van der Waals surface area contributed by atoms with E-state index in [1.807, 2.05) is 19.9 Å². The Bertz CT molecular complexity index is 1000. The van der Waals surface area contributed by atoms with Crippen LogP contribution < -0.4 is 4.74 Å². The summed E-state index contributed by atoms with van der Waals surface area (Å²) < 4.78 is 11.0. The molecule has 2 N–H and O–H groups in total. The van der Waals surface area contributed by atoms with Crippen molar-refractivity contribution in [2.24, 2.45) is 0 Å². The molecule has 0 amide bonds. The number of carbonyl (C=O) groups excluding carboxylic acids is 2. The van der Waals surface area contributed by atoms with Crippen molar-refractivity contribution in [2.75, 3.05) is 6.61 Å². The number of ketones is 1. The lowest BCUT2D eigenvalue weighted by Gasteiger charge is -2.33. The van der Waals surface area contributed by atoms with Crippen molar-refractivity contribution in [2.45, 2.75) is 46.1 Å². The Kier molecular flexibility index (Phi) is 5.06. The zero-order valence-corrected chi connectivity index (χ0v) is 16.5. The number of Topliss-reactive ketones (excluding diaryl/α,β-unsaturated/α-hetero) is 1. The first-order valence-electron chi connectivity index (χ1n) is 9.10. The van der Waals surface area contributed by atoms with Gasteiger partial charge in [0.15, 0.2) is 5.78 Å². The van der Waals surface area contributed by atoms with Crippen molar-refractivity contribution in [3.8, 4) is 17.2 Å². The minimum absolute atomic E-state index is 0.0245. The van der Waals surface area contributed by atoms with Gasteiger partial charge in [-0.05, 0) is 49.9 Å². The van der Waals surface area contributed by atoms with Gasteiger partial charge in [0, 0.05) is 19.4 Å². The molecule has 0 unspecified atom stereocenters. The Morgan fingerprint density at radius 2 is 1.89 bits per heavy atom. The highest BCUT2D eigenvalue weighted by Crippen LogP contribution is 2.44. The third-order valence-electron chi connectivity index (χ3n) is 4.76. The second-order valence-corrected chi connectivity index (χ2v) is 7.71. The Hall–Kier alpha value is -3.02. The summed E-state index contributed by atoms with van der Waals surface area (Å²) in [6, 6.07) is 4.86. The van der Waals surface area contributed by atoms with E-state index in [2.05, 4.69) is 0 Å². The topological polar surface area (TPSA) is 93.1 Å². The highest BCUT2D eigenvalue weighted by Gasteiger charge is 2.39. The van der Waals surface area contributed by atoms with Crippen LogP contribution in [0.5, 0.6) is 17.2 Å². The molecule has 0 fully saturated rings. The van der Waals surface area contributed by atoms with Crippen LogP contribution in [0, 0.1) is 0 Å². The number of phenolic OH excluding ortho intramolecular Hbond substituents is 2. The summed E-state index contributed by atoms with van der Waals surface area (Å²) in [6.07, 6.45) is 2.18. The number of esters is 1. The quantitative estimate of drug-likeness (QED) is 0.610. The molecule has 6 nitrogen and oxygen atoms in total. The summed E-state index contributed by atoms with van der Waals surface area (Å²) in [7, 11) is 0. The minimum Gasteiger partial charge on any atom is -0.507 e. The molecule has 148 valence electrons. The molecule has 0 heterocycles. The fourth-order valence-electron chi connectivity index (χ4n) is 3.68. The van der Waals surface area contributed by atoms with Crippen molar-refractivity contribution >= 4 is 22.5 Å². The summed E-state index contributed by atoms with van der Waals surface area (Å²) in [5.41, 5.74) is 0.895. The molecular weight excluding hydrogens is 360 g/mol. The van der Waals surface area contributed by atoms with Gasteiger partial charge in [-0.1, -0.05) is 5.57 Å². The molecule has 1 atom stereocenters. The second kappa shape index (κ2) is 7.19. The van der Waals surface area contributed by atoms with Crippen LogP contribution in [-0.2, 0) is 16.0 Å². The second-order valence-electron chi connectivity index (χ2n) is 7.71. The van der Waals surface area contributed by atoms with Crippen LogP contribution >= 0.6 is 0 Å². The van der Waals surface area contributed by atoms with Gasteiger partial charge in [-0.3, -0.25) is 9.59 Å². The maximum atomic E-state index is 12.7. The van der Waals surface area contributed by atoms with E-state index in [1.54, 1.807) is 19.1 Å². The molecule has 2 aromatic rings. The van der Waals surface area contributed by atoms with Crippen LogP contribution in [0.15, 0.2) is 29.8 Å². The molecule has 0 spiro atoms. The highest BCUT2D eigenvalue weighted by molar-refractivity contribution is 6.09. The van der Waals surface area contributed by atoms with E-state index >= 15 is 0 Å². The Morgan fingerprint density at radius 1 is 1.18 bits per heavy atom. The van der Waals surface area contributed by atoms with Crippen LogP contribution in [-0.4, -0.2) is 34.2 Å². The standard InChI is InChI=1S/C22H24O6/c1-12(2)5-6-27-16-8-14-7-15-10-22(4,28-13(3)23)11-18(25)20(15)21(26)19(14)17(24)9-16/h5,7-9,24,26H,6,10-11H2,1-4H3/t22-/m0/s1. The predicted octanol–water partition coefficient (Wildman–Crippen LogP) is 4.05. The summed E-state index contributed by atoms with van der Waals surface area (Å²) in [4.78, 5) is 24.1. The predicted molar refractivity (Wildman–Crippen MR) is 105 cm³/mol. The molecular formula is C22H24O6. The van der Waals surface area contributed by atoms with E-state index < -0.39 is 11.6 Å². The number of rotatable bonds is 4. The van der Waals surface area contributed by atoms with Gasteiger partial charge in [-0.2, -0.15) is 0 Å². The molecule has 0 aromatic heterocycles. The molecule has 0 aliphatic heterocycles. The van der Waals surface area contributed by atoms with Crippen LogP contribution in [0.2, 0.25) is 0 Å². The lowest BCUT2D eigenvalue weighted by atomic mass is 9.79. The first-order valence-corrected chi connectivity index (χ1v) is 9.10. The molecule has 2 aromatic carbocycles. The van der Waals surface area contributed by atoms with Gasteiger partial charge < -0.3 is 19.7 Å². The van der Waals surface area contributed by atoms with E-state index in [0.29, 0.717) is 29.7 Å². The fraction of sp³-hybridized carbons (Fsp3) is 0.364. The average molecular weight is 384 g/mol. The van der Waals surface area contributed by atoms with Crippen molar-refractivity contribution < 1.29 is 29.3 Å². The number of carbonyl (C=O) groups is 2. The number of allylic oxidation sites excluding steroid dienone is 1. The maximum Gasteiger partial charge on any atom is 0.303 e. The van der Waals surface area contributed by atoms with Crippen LogP contribution in [0.1, 0.15) is 50.0 Å². The number of ether oxygens (including phenoxy) is 2. The largest absolute Gasteiger partial charge is 0.507 e. The maximum absolute atomic E-state index is 12.7. The number of phenols is 2. The van der Waals surface area contributed by atoms with E-state index in [1.165, 1.54) is 13.0 Å². The molecule has 28 heavy (non-hydrogen) atoms. The molecule has 0 radical (unpaired) electrons. The van der Waals surface area contributed by atoms with E-state index in [4.69, 9.17) is 9.47 Å². The van der Waals surface area contributed by atoms with Crippen molar-refractivity contribution in [3.63, 3.8) is 0 Å². The van der Waals surface area contributed by atoms with Gasteiger partial charge in [-0.25, -0.2) is 0 Å². The molecule has 0 bridgehead atoms. The van der Waals surface area contributed by atoms with E-state index in [9.17, 15) is 19.8 Å². The van der Waals surface area contributed by atoms with Gasteiger partial charge in [0.05, 0.1) is 17.4 Å². The zero-order chi connectivity index (χ0) is 20.6. The average Bonchev–Trinajstić information content (AvgIpc) is 2.51. The number of benzene rings is 2. The number of aromatic hydroxyl groups is 2. The van der Waals surface area contributed by atoms with Gasteiger partial charge in [0.25, 0.3) is 0 Å². The monoisotopic (exact) mass is 384 g/mol. The van der Waals surface area contributed by atoms with Gasteiger partial charge >= 0.3 is 5.97 Å². The molecule has 1 aliphatic rings. The first kappa shape index (κ1) is 19.7. The Morgan fingerprint density at radius 3 is 2.54 bits per heavy atom. The fourth-order valence-corrected chi connectivity index (χ4v) is 3.68. The van der Waals surface area contributed by atoms with E-state index in [-0.39, 0.29) is 34.7 Å². The van der Waals surface area contributed by atoms with Gasteiger partial charge in [0.2, 0.25) is 0 Å². The smallest absolute Gasteiger partial charge is 0.303 e. The number of fused-ring (bicyclic) bond motifs is 2. The van der Waals surface area contributed by atoms with Crippen molar-refractivity contribution in [1.29, 1.82) is 0 Å². The molecule has 1 aliphatic carbocycles. The third kappa shape index (κ3) is 3.81. The summed E-state index contributed by atoms with van der Waals surface area (Å²) >= 11 is 0. The van der Waals surface area contributed by atoms with Crippen molar-refractivity contribution in [1.82, 2.24) is 0 Å². The third-order valence-corrected chi connectivity index (χ3v) is 4.76. The van der Waals surface area contributed by atoms with Crippen LogP contribution in [0.4, 0.5) is 0 Å². The van der Waals surface area contributed by atoms with E-state index in [0.717, 1.165) is 5.57 Å². The lowest BCUT2D eigenvalue weighted by Crippen LogP contribution is -2.40. The Labute approximate surface area is 163 Å². The molecule has 0 saturated carbocycles. The van der Waals surface area contributed by atoms with Crippen LogP contribution in [0.3, 0.4) is 0 Å². The van der Waals surface area contributed by atoms with Gasteiger partial charge in [-0.15, -0.1) is 0 Å². The lowest BCUT2D eigenvalue weighted by molar-refractivity contribution is -0.155. The molecule has 3 rings (SSSR count). The zero-order valence-electron chi connectivity index (χ0n) is 16.5. The van der Waals surface area contributed by atoms with Gasteiger partial charge in [0.1, 0.15) is 29.5 Å². The summed E-state index contributed by atoms with van der Waals surface area (Å²) in [6.45, 7) is 7.28. The minimum atomic E-state index is -0.963. The molecule has 0 saturated heterocycles. The van der Waals surface area contributed by atoms with Crippen molar-refractivity contribution in [3.05, 3.63) is 41.0 Å². The molecule has 6 heteroatoms. The highest BCUT2D eigenvalue weighted by atomic mass is 16.6. The summed E-state index contributed by atoms with van der Waals surface area (Å²) in [5, 5.41) is 21.9. The summed E-state index contributed by atoms with van der Waals surface area (Å²) in [5.74, 6) is -0.752. The number of hydrogen-bond acceptors (Lipinski definition) is 6.